The van der Waals surface area contributed by atoms with Crippen LogP contribution < -0.4 is 5.32 Å². The molecule has 0 fully saturated rings. The number of oxazole rings is 1. The van der Waals surface area contributed by atoms with E-state index in [0.29, 0.717) is 17.3 Å². The van der Waals surface area contributed by atoms with Crippen molar-refractivity contribution in [1.82, 2.24) is 19.9 Å². The van der Waals surface area contributed by atoms with E-state index in [0.717, 1.165) is 0 Å². The molecule has 3 aromatic heterocycles. The molecule has 0 aromatic carbocycles. The zero-order valence-corrected chi connectivity index (χ0v) is 11.1. The van der Waals surface area contributed by atoms with Crippen LogP contribution in [0.5, 0.6) is 0 Å². The molecular formula is C14H11N5O2. The van der Waals surface area contributed by atoms with E-state index < -0.39 is 5.91 Å². The van der Waals surface area contributed by atoms with Crippen LogP contribution in [0.4, 0.5) is 5.95 Å². The Kier molecular flexibility index (Phi) is 3.38. The molecule has 1 N–H and O–H groups in total. The predicted octanol–water partition coefficient (Wildman–Crippen LogP) is 2.09. The zero-order valence-electron chi connectivity index (χ0n) is 11.1. The van der Waals surface area contributed by atoms with Crippen molar-refractivity contribution >= 4 is 11.9 Å². The van der Waals surface area contributed by atoms with Crippen LogP contribution in [0.3, 0.4) is 0 Å². The molecule has 0 saturated heterocycles. The van der Waals surface area contributed by atoms with Gasteiger partial charge in [0.05, 0.1) is 11.4 Å². The molecule has 7 heteroatoms. The Morgan fingerprint density at radius 3 is 2.71 bits per heavy atom. The molecule has 0 unspecified atom stereocenters. The highest BCUT2D eigenvalue weighted by Crippen LogP contribution is 2.14. The largest absolute Gasteiger partial charge is 0.448 e. The van der Waals surface area contributed by atoms with E-state index in [-0.39, 0.29) is 11.6 Å². The van der Waals surface area contributed by atoms with Gasteiger partial charge in [-0.3, -0.25) is 15.1 Å². The van der Waals surface area contributed by atoms with Gasteiger partial charge in [-0.1, -0.05) is 6.07 Å². The van der Waals surface area contributed by atoms with Gasteiger partial charge in [-0.25, -0.2) is 15.0 Å². The van der Waals surface area contributed by atoms with Crippen molar-refractivity contribution in [3.63, 3.8) is 0 Å². The maximum Gasteiger partial charge on any atom is 0.279 e. The van der Waals surface area contributed by atoms with Crippen molar-refractivity contribution < 1.29 is 9.21 Å². The maximum absolute atomic E-state index is 11.9. The fourth-order valence-electron chi connectivity index (χ4n) is 1.71. The van der Waals surface area contributed by atoms with E-state index in [4.69, 9.17) is 4.42 Å². The van der Waals surface area contributed by atoms with E-state index in [1.807, 2.05) is 18.2 Å². The van der Waals surface area contributed by atoms with Gasteiger partial charge in [0.15, 0.2) is 11.6 Å². The molecule has 1 amide bonds. The summed E-state index contributed by atoms with van der Waals surface area (Å²) in [6.45, 7) is 1.66. The first-order valence-corrected chi connectivity index (χ1v) is 6.20. The summed E-state index contributed by atoms with van der Waals surface area (Å²) in [6.07, 6.45) is 4.52. The van der Waals surface area contributed by atoms with Crippen LogP contribution >= 0.6 is 0 Å². The Balaban J connectivity index is 1.82. The molecule has 0 aliphatic heterocycles. The Bertz CT molecular complexity index is 770. The van der Waals surface area contributed by atoms with Crippen LogP contribution in [0.25, 0.3) is 11.4 Å². The smallest absolute Gasteiger partial charge is 0.279 e. The van der Waals surface area contributed by atoms with Gasteiger partial charge in [-0.15, -0.1) is 0 Å². The lowest BCUT2D eigenvalue weighted by Crippen LogP contribution is -2.14. The minimum atomic E-state index is -0.426. The second-order valence-electron chi connectivity index (χ2n) is 4.19. The van der Waals surface area contributed by atoms with Gasteiger partial charge < -0.3 is 4.42 Å². The minimum absolute atomic E-state index is 0.180. The summed E-state index contributed by atoms with van der Waals surface area (Å²) in [7, 11) is 0. The molecule has 0 aliphatic rings. The van der Waals surface area contributed by atoms with E-state index in [1.54, 1.807) is 25.4 Å². The second kappa shape index (κ2) is 5.49. The van der Waals surface area contributed by atoms with Crippen molar-refractivity contribution in [3.05, 3.63) is 54.5 Å². The van der Waals surface area contributed by atoms with E-state index in [2.05, 4.69) is 25.3 Å². The predicted molar refractivity (Wildman–Crippen MR) is 74.5 cm³/mol. The lowest BCUT2D eigenvalue weighted by Gasteiger charge is -2.03. The summed E-state index contributed by atoms with van der Waals surface area (Å²) in [5, 5.41) is 2.57. The van der Waals surface area contributed by atoms with E-state index in [9.17, 15) is 4.79 Å². The lowest BCUT2D eigenvalue weighted by atomic mass is 10.2. The number of carbonyl (C=O) groups excluding carboxylic acids is 1. The molecule has 0 spiro atoms. The van der Waals surface area contributed by atoms with Crippen molar-refractivity contribution in [2.45, 2.75) is 6.92 Å². The molecule has 3 aromatic rings. The first-order valence-electron chi connectivity index (χ1n) is 6.20. The quantitative estimate of drug-likeness (QED) is 0.790. The highest BCUT2D eigenvalue weighted by molar-refractivity contribution is 6.01. The highest BCUT2D eigenvalue weighted by atomic mass is 16.3. The Morgan fingerprint density at radius 1 is 1.10 bits per heavy atom. The molecule has 0 atom stereocenters. The zero-order chi connectivity index (χ0) is 14.7. The number of aryl methyl sites for hydroxylation is 1. The topological polar surface area (TPSA) is 93.8 Å². The SMILES string of the molecule is Cc1nc(C(=O)Nc2nccc(-c3ccccn3)n2)co1. The number of nitrogens with one attached hydrogen (secondary N) is 1. The van der Waals surface area contributed by atoms with Crippen molar-refractivity contribution in [1.29, 1.82) is 0 Å². The molecule has 3 heterocycles. The van der Waals surface area contributed by atoms with Crippen molar-refractivity contribution in [2.75, 3.05) is 5.32 Å². The Morgan fingerprint density at radius 2 is 2.00 bits per heavy atom. The van der Waals surface area contributed by atoms with Crippen molar-refractivity contribution in [2.24, 2.45) is 0 Å². The van der Waals surface area contributed by atoms with Gasteiger partial charge in [0.2, 0.25) is 5.95 Å². The summed E-state index contributed by atoms with van der Waals surface area (Å²) >= 11 is 0. The van der Waals surface area contributed by atoms with Gasteiger partial charge in [0, 0.05) is 19.3 Å². The third-order valence-corrected chi connectivity index (χ3v) is 2.66. The lowest BCUT2D eigenvalue weighted by molar-refractivity contribution is 0.102. The first kappa shape index (κ1) is 12.9. The molecule has 0 aliphatic carbocycles. The molecule has 104 valence electrons. The Hall–Kier alpha value is -3.09. The number of carbonyl (C=O) groups is 1. The van der Waals surface area contributed by atoms with Gasteiger partial charge >= 0.3 is 0 Å². The number of aromatic nitrogens is 4. The standard InChI is InChI=1S/C14H11N5O2/c1-9-17-12(8-21-9)13(20)19-14-16-7-5-11(18-14)10-4-2-3-6-15-10/h2-8H,1H3,(H,16,18,19,20). The maximum atomic E-state index is 11.9. The van der Waals surface area contributed by atoms with Crippen LogP contribution in [0.2, 0.25) is 0 Å². The number of amides is 1. The van der Waals surface area contributed by atoms with Crippen LogP contribution in [0.1, 0.15) is 16.4 Å². The molecular weight excluding hydrogens is 270 g/mol. The van der Waals surface area contributed by atoms with Crippen molar-refractivity contribution in [3.8, 4) is 11.4 Å². The third kappa shape index (κ3) is 2.92. The fourth-order valence-corrected chi connectivity index (χ4v) is 1.71. The number of anilines is 1. The molecule has 0 bridgehead atoms. The normalized spacial score (nSPS) is 10.3. The van der Waals surface area contributed by atoms with Crippen LogP contribution in [0.15, 0.2) is 47.3 Å². The van der Waals surface area contributed by atoms with Crippen LogP contribution in [-0.2, 0) is 0 Å². The second-order valence-corrected chi connectivity index (χ2v) is 4.19. The van der Waals surface area contributed by atoms with Gasteiger partial charge in [-0.2, -0.15) is 0 Å². The summed E-state index contributed by atoms with van der Waals surface area (Å²) in [5.74, 6) is 0.178. The fraction of sp³-hybridized carbons (Fsp3) is 0.0714. The molecule has 21 heavy (non-hydrogen) atoms. The number of hydrogen-bond acceptors (Lipinski definition) is 6. The molecule has 0 radical (unpaired) electrons. The number of pyridine rings is 1. The average molecular weight is 281 g/mol. The summed E-state index contributed by atoms with van der Waals surface area (Å²) < 4.78 is 4.99. The van der Waals surface area contributed by atoms with Crippen LogP contribution in [-0.4, -0.2) is 25.8 Å². The van der Waals surface area contributed by atoms with Gasteiger partial charge in [0.1, 0.15) is 6.26 Å². The van der Waals surface area contributed by atoms with Gasteiger partial charge in [-0.05, 0) is 18.2 Å². The number of nitrogens with zero attached hydrogens (tertiary/aromatic N) is 4. The first-order chi connectivity index (χ1) is 10.2. The molecule has 0 saturated carbocycles. The van der Waals surface area contributed by atoms with Gasteiger partial charge in [0.25, 0.3) is 5.91 Å². The number of rotatable bonds is 3. The molecule has 3 rings (SSSR count). The monoisotopic (exact) mass is 281 g/mol. The summed E-state index contributed by atoms with van der Waals surface area (Å²) in [6, 6.07) is 7.23. The minimum Gasteiger partial charge on any atom is -0.448 e. The highest BCUT2D eigenvalue weighted by Gasteiger charge is 2.12. The third-order valence-electron chi connectivity index (χ3n) is 2.66. The van der Waals surface area contributed by atoms with E-state index in [1.165, 1.54) is 6.26 Å². The summed E-state index contributed by atoms with van der Waals surface area (Å²) in [4.78, 5) is 28.3. The Labute approximate surface area is 120 Å². The molecule has 7 nitrogen and oxygen atoms in total. The number of hydrogen-bond donors (Lipinski definition) is 1. The van der Waals surface area contributed by atoms with Crippen LogP contribution in [0, 0.1) is 6.92 Å². The summed E-state index contributed by atoms with van der Waals surface area (Å²) in [5.41, 5.74) is 1.50. The van der Waals surface area contributed by atoms with E-state index >= 15 is 0 Å². The average Bonchev–Trinajstić information content (AvgIpc) is 2.95.